The molecule has 0 saturated carbocycles. The Hall–Kier alpha value is -1.02. The predicted octanol–water partition coefficient (Wildman–Crippen LogP) is 3.32. The third kappa shape index (κ3) is 5.74. The molecular weight excluding hydrogens is 429 g/mol. The highest BCUT2D eigenvalue weighted by atomic mass is 127. The maximum atomic E-state index is 5.89. The minimum absolute atomic E-state index is 0. The molecule has 2 aliphatic rings. The minimum atomic E-state index is 0. The molecule has 1 aromatic carbocycles. The van der Waals surface area contributed by atoms with Crippen LogP contribution in [0.25, 0.3) is 0 Å². The number of guanidine groups is 1. The van der Waals surface area contributed by atoms with Crippen molar-refractivity contribution in [1.29, 1.82) is 0 Å². The number of hydrogen-bond donors (Lipinski definition) is 2. The predicted molar refractivity (Wildman–Crippen MR) is 112 cm³/mol. The van der Waals surface area contributed by atoms with Crippen LogP contribution in [0.5, 0.6) is 5.75 Å². The average molecular weight is 459 g/mol. The molecule has 2 saturated heterocycles. The molecule has 2 bridgehead atoms. The lowest BCUT2D eigenvalue weighted by atomic mass is 9.96. The van der Waals surface area contributed by atoms with Gasteiger partial charge in [0.1, 0.15) is 5.75 Å². The van der Waals surface area contributed by atoms with Crippen LogP contribution in [-0.2, 0) is 11.3 Å². The summed E-state index contributed by atoms with van der Waals surface area (Å²) in [4.78, 5) is 4.33. The molecule has 3 atom stereocenters. The third-order valence-electron chi connectivity index (χ3n) is 4.62. The molecule has 0 spiro atoms. The topological polar surface area (TPSA) is 54.9 Å². The van der Waals surface area contributed by atoms with Gasteiger partial charge in [0.05, 0.1) is 24.9 Å². The second-order valence-electron chi connectivity index (χ2n) is 7.13. The minimum Gasteiger partial charge on any atom is -0.493 e. The molecule has 5 nitrogen and oxygen atoms in total. The van der Waals surface area contributed by atoms with E-state index in [1.807, 2.05) is 19.2 Å². The second-order valence-corrected chi connectivity index (χ2v) is 7.13. The number of nitrogens with zero attached hydrogens (tertiary/aromatic N) is 1. The Balaban J connectivity index is 0.00000225. The van der Waals surface area contributed by atoms with Crippen molar-refractivity contribution < 1.29 is 9.47 Å². The highest BCUT2D eigenvalue weighted by molar-refractivity contribution is 14.0. The van der Waals surface area contributed by atoms with E-state index in [1.165, 1.54) is 12.0 Å². The van der Waals surface area contributed by atoms with E-state index in [9.17, 15) is 0 Å². The van der Waals surface area contributed by atoms with E-state index in [0.717, 1.165) is 37.7 Å². The number of benzene rings is 1. The van der Waals surface area contributed by atoms with Crippen LogP contribution in [0, 0.1) is 5.92 Å². The van der Waals surface area contributed by atoms with Gasteiger partial charge in [0.2, 0.25) is 0 Å². The number of nitrogens with one attached hydrogen (secondary N) is 2. The van der Waals surface area contributed by atoms with Gasteiger partial charge in [-0.1, -0.05) is 26.0 Å². The molecule has 0 aromatic heterocycles. The molecule has 2 heterocycles. The van der Waals surface area contributed by atoms with Gasteiger partial charge < -0.3 is 20.1 Å². The summed E-state index contributed by atoms with van der Waals surface area (Å²) in [7, 11) is 1.81. The summed E-state index contributed by atoms with van der Waals surface area (Å²) < 4.78 is 11.6. The molecule has 2 N–H and O–H groups in total. The van der Waals surface area contributed by atoms with Crippen LogP contribution in [0.15, 0.2) is 29.3 Å². The van der Waals surface area contributed by atoms with Crippen LogP contribution in [-0.4, -0.2) is 37.9 Å². The quantitative estimate of drug-likeness (QED) is 0.390. The van der Waals surface area contributed by atoms with Crippen LogP contribution >= 0.6 is 24.0 Å². The molecule has 1 aromatic rings. The molecule has 3 rings (SSSR count). The third-order valence-corrected chi connectivity index (χ3v) is 4.62. The van der Waals surface area contributed by atoms with Crippen LogP contribution < -0.4 is 15.4 Å². The van der Waals surface area contributed by atoms with E-state index in [-0.39, 0.29) is 24.0 Å². The van der Waals surface area contributed by atoms with Crippen molar-refractivity contribution in [3.63, 3.8) is 0 Å². The molecule has 0 aliphatic carbocycles. The first-order valence-corrected chi connectivity index (χ1v) is 8.98. The van der Waals surface area contributed by atoms with Crippen molar-refractivity contribution in [2.45, 2.75) is 57.9 Å². The monoisotopic (exact) mass is 459 g/mol. The Bertz CT molecular complexity index is 562. The Labute approximate surface area is 168 Å². The zero-order chi connectivity index (χ0) is 16.9. The summed E-state index contributed by atoms with van der Waals surface area (Å²) in [6.07, 6.45) is 4.26. The van der Waals surface area contributed by atoms with E-state index >= 15 is 0 Å². The number of rotatable bonds is 6. The van der Waals surface area contributed by atoms with E-state index in [0.29, 0.717) is 24.2 Å². The van der Waals surface area contributed by atoms with Crippen molar-refractivity contribution in [2.75, 3.05) is 13.7 Å². The molecule has 25 heavy (non-hydrogen) atoms. The summed E-state index contributed by atoms with van der Waals surface area (Å²) in [6, 6.07) is 8.63. The van der Waals surface area contributed by atoms with Gasteiger partial charge in [-0.3, -0.25) is 4.99 Å². The van der Waals surface area contributed by atoms with Gasteiger partial charge in [-0.05, 0) is 42.9 Å². The largest absolute Gasteiger partial charge is 0.493 e. The second kappa shape index (κ2) is 9.62. The Morgan fingerprint density at radius 2 is 2.04 bits per heavy atom. The number of fused-ring (bicyclic) bond motifs is 2. The summed E-state index contributed by atoms with van der Waals surface area (Å²) in [6.45, 7) is 5.79. The van der Waals surface area contributed by atoms with Gasteiger partial charge in [-0.2, -0.15) is 0 Å². The first kappa shape index (κ1) is 20.3. The summed E-state index contributed by atoms with van der Waals surface area (Å²) in [5, 5.41) is 6.88. The number of hydrogen-bond acceptors (Lipinski definition) is 3. The molecule has 0 radical (unpaired) electrons. The Morgan fingerprint density at radius 3 is 2.60 bits per heavy atom. The fraction of sp³-hybridized carbons (Fsp3) is 0.632. The Morgan fingerprint density at radius 1 is 1.28 bits per heavy atom. The van der Waals surface area contributed by atoms with Crippen LogP contribution in [0.1, 0.15) is 38.7 Å². The summed E-state index contributed by atoms with van der Waals surface area (Å²) in [5.74, 6) is 2.31. The fourth-order valence-corrected chi connectivity index (χ4v) is 3.31. The zero-order valence-electron chi connectivity index (χ0n) is 15.3. The highest BCUT2D eigenvalue weighted by Gasteiger charge is 2.41. The number of ether oxygens (including phenoxy) is 2. The van der Waals surface area contributed by atoms with Crippen molar-refractivity contribution in [2.24, 2.45) is 10.9 Å². The lowest BCUT2D eigenvalue weighted by Crippen LogP contribution is -2.47. The highest BCUT2D eigenvalue weighted by Crippen LogP contribution is 2.34. The van der Waals surface area contributed by atoms with Crippen molar-refractivity contribution >= 4 is 29.9 Å². The maximum Gasteiger partial charge on any atom is 0.191 e. The molecular formula is C19H30IN3O2. The van der Waals surface area contributed by atoms with Gasteiger partial charge in [-0.15, -0.1) is 24.0 Å². The van der Waals surface area contributed by atoms with Crippen LogP contribution in [0.3, 0.4) is 0 Å². The van der Waals surface area contributed by atoms with E-state index < -0.39 is 0 Å². The summed E-state index contributed by atoms with van der Waals surface area (Å²) >= 11 is 0. The standard InChI is InChI=1S/C19H29N3O2.HI/c1-13(2)12-23-15-6-4-14(5-7-15)11-21-19(20-3)22-17-10-16-8-9-18(17)24-16;/h4-7,13,16-18H,8-12H2,1-3H3,(H2,20,21,22);1H. The van der Waals surface area contributed by atoms with Gasteiger partial charge in [0, 0.05) is 13.6 Å². The number of aliphatic imine (C=N–C) groups is 1. The van der Waals surface area contributed by atoms with Gasteiger partial charge in [0.15, 0.2) is 5.96 Å². The molecule has 0 amide bonds. The smallest absolute Gasteiger partial charge is 0.191 e. The van der Waals surface area contributed by atoms with Crippen molar-refractivity contribution in [1.82, 2.24) is 10.6 Å². The normalized spacial score (nSPS) is 25.0. The van der Waals surface area contributed by atoms with Gasteiger partial charge in [-0.25, -0.2) is 0 Å². The van der Waals surface area contributed by atoms with Crippen LogP contribution in [0.4, 0.5) is 0 Å². The average Bonchev–Trinajstić information content (AvgIpc) is 3.20. The molecule has 2 aliphatic heterocycles. The van der Waals surface area contributed by atoms with Gasteiger partial charge in [0.25, 0.3) is 0 Å². The van der Waals surface area contributed by atoms with Crippen LogP contribution in [0.2, 0.25) is 0 Å². The number of halogens is 1. The van der Waals surface area contributed by atoms with Crippen molar-refractivity contribution in [3.8, 4) is 5.75 Å². The molecule has 2 fully saturated rings. The van der Waals surface area contributed by atoms with Gasteiger partial charge >= 0.3 is 0 Å². The lowest BCUT2D eigenvalue weighted by Gasteiger charge is -2.22. The molecule has 6 heteroatoms. The molecule has 140 valence electrons. The fourth-order valence-electron chi connectivity index (χ4n) is 3.31. The first-order valence-electron chi connectivity index (χ1n) is 8.98. The Kier molecular flexibility index (Phi) is 7.81. The SMILES string of the molecule is CN=C(NCc1ccc(OCC(C)C)cc1)NC1CC2CCC1O2.I. The van der Waals surface area contributed by atoms with E-state index in [2.05, 4.69) is 41.6 Å². The first-order chi connectivity index (χ1) is 11.6. The maximum absolute atomic E-state index is 5.89. The van der Waals surface area contributed by atoms with E-state index in [4.69, 9.17) is 9.47 Å². The zero-order valence-corrected chi connectivity index (χ0v) is 17.7. The van der Waals surface area contributed by atoms with E-state index in [1.54, 1.807) is 0 Å². The molecule has 3 unspecified atom stereocenters. The lowest BCUT2D eigenvalue weighted by molar-refractivity contribution is 0.0992. The van der Waals surface area contributed by atoms with Crippen molar-refractivity contribution in [3.05, 3.63) is 29.8 Å². The summed E-state index contributed by atoms with van der Waals surface area (Å²) in [5.41, 5.74) is 1.21.